The number of aliphatic imine (C=N–C) groups is 1. The van der Waals surface area contributed by atoms with Crippen molar-refractivity contribution < 1.29 is 9.50 Å². The average molecular weight is 300 g/mol. The first kappa shape index (κ1) is 15.1. The van der Waals surface area contributed by atoms with E-state index in [4.69, 9.17) is 17.3 Å². The molecule has 0 heterocycles. The zero-order valence-electron chi connectivity index (χ0n) is 11.1. The summed E-state index contributed by atoms with van der Waals surface area (Å²) < 4.78 is 13.9. The van der Waals surface area contributed by atoms with Gasteiger partial charge in [0, 0.05) is 6.04 Å². The fourth-order valence-corrected chi connectivity index (χ4v) is 2.42. The van der Waals surface area contributed by atoms with E-state index in [0.29, 0.717) is 5.69 Å². The molecule has 0 saturated heterocycles. The van der Waals surface area contributed by atoms with Crippen LogP contribution in [0.4, 0.5) is 15.8 Å². The largest absolute Gasteiger partial charge is 0.393 e. The predicted molar refractivity (Wildman–Crippen MR) is 80.3 cm³/mol. The van der Waals surface area contributed by atoms with E-state index in [9.17, 15) is 9.50 Å². The lowest BCUT2D eigenvalue weighted by Gasteiger charge is -2.27. The molecule has 1 aliphatic carbocycles. The quantitative estimate of drug-likeness (QED) is 0.455. The molecule has 0 aromatic heterocycles. The van der Waals surface area contributed by atoms with Gasteiger partial charge >= 0.3 is 0 Å². The van der Waals surface area contributed by atoms with Crippen LogP contribution in [0.15, 0.2) is 23.2 Å². The molecule has 0 bridgehead atoms. The Morgan fingerprint density at radius 3 is 2.75 bits per heavy atom. The molecule has 1 aromatic rings. The second kappa shape index (κ2) is 6.90. The van der Waals surface area contributed by atoms with E-state index in [1.54, 1.807) is 12.1 Å². The van der Waals surface area contributed by atoms with Crippen LogP contribution in [0.25, 0.3) is 0 Å². The van der Waals surface area contributed by atoms with E-state index < -0.39 is 5.82 Å². The summed E-state index contributed by atoms with van der Waals surface area (Å²) in [6.45, 7) is 0. The van der Waals surface area contributed by atoms with Crippen LogP contribution in [0.1, 0.15) is 25.7 Å². The van der Waals surface area contributed by atoms with Gasteiger partial charge in [-0.1, -0.05) is 6.07 Å². The zero-order valence-corrected chi connectivity index (χ0v) is 11.9. The number of hydrogen-bond acceptors (Lipinski definition) is 3. The van der Waals surface area contributed by atoms with Crippen LogP contribution in [0.3, 0.4) is 0 Å². The van der Waals surface area contributed by atoms with Crippen molar-refractivity contribution in [3.8, 4) is 0 Å². The Morgan fingerprint density at radius 2 is 2.10 bits per heavy atom. The summed E-state index contributed by atoms with van der Waals surface area (Å²) in [5.74, 6) is -0.193. The topological polar surface area (TPSA) is 70.6 Å². The number of anilines is 1. The number of alkyl halides is 1. The van der Waals surface area contributed by atoms with Crippen molar-refractivity contribution in [1.82, 2.24) is 0 Å². The second-order valence-corrected chi connectivity index (χ2v) is 5.29. The van der Waals surface area contributed by atoms with Crippen molar-refractivity contribution in [1.29, 1.82) is 0 Å². The number of rotatable bonds is 4. The maximum Gasteiger partial charge on any atom is 0.151 e. The van der Waals surface area contributed by atoms with Gasteiger partial charge in [-0.05, 0) is 37.8 Å². The molecule has 20 heavy (non-hydrogen) atoms. The highest BCUT2D eigenvalue weighted by Gasteiger charge is 2.20. The van der Waals surface area contributed by atoms with E-state index in [2.05, 4.69) is 10.3 Å². The summed E-state index contributed by atoms with van der Waals surface area (Å²) in [6, 6.07) is 4.96. The molecule has 0 spiro atoms. The van der Waals surface area contributed by atoms with Crippen molar-refractivity contribution in [3.05, 3.63) is 24.0 Å². The standard InChI is InChI=1S/C14H19ClFN3O/c15-8-13(17)19-14-11(16)2-1-3-12(14)18-9-4-6-10(20)7-5-9/h1-3,9-10,18,20H,4-8H2,(H2,17,19). The number of aliphatic hydroxyl groups excluding tert-OH is 1. The number of halogens is 2. The molecule has 1 saturated carbocycles. The van der Waals surface area contributed by atoms with Crippen LogP contribution >= 0.6 is 11.6 Å². The Labute approximate surface area is 122 Å². The van der Waals surface area contributed by atoms with E-state index in [1.807, 2.05) is 0 Å². The van der Waals surface area contributed by atoms with Gasteiger partial charge in [0.15, 0.2) is 5.82 Å². The Morgan fingerprint density at radius 1 is 1.40 bits per heavy atom. The molecule has 0 atom stereocenters. The lowest BCUT2D eigenvalue weighted by Crippen LogP contribution is -2.28. The maximum atomic E-state index is 13.9. The van der Waals surface area contributed by atoms with Crippen molar-refractivity contribution >= 4 is 28.8 Å². The summed E-state index contributed by atoms with van der Waals surface area (Å²) in [7, 11) is 0. The molecule has 110 valence electrons. The third-order valence-corrected chi connectivity index (χ3v) is 3.71. The Hall–Kier alpha value is -1.33. The van der Waals surface area contributed by atoms with Gasteiger partial charge in [0.1, 0.15) is 11.5 Å². The first-order chi connectivity index (χ1) is 9.60. The normalized spacial score (nSPS) is 23.6. The summed E-state index contributed by atoms with van der Waals surface area (Å²) >= 11 is 5.59. The van der Waals surface area contributed by atoms with Crippen LogP contribution in [-0.4, -0.2) is 29.0 Å². The zero-order chi connectivity index (χ0) is 14.5. The molecule has 1 fully saturated rings. The molecule has 0 amide bonds. The number of nitrogens with one attached hydrogen (secondary N) is 1. The van der Waals surface area contributed by atoms with Crippen LogP contribution in [-0.2, 0) is 0 Å². The van der Waals surface area contributed by atoms with Crippen LogP contribution in [0.2, 0.25) is 0 Å². The molecule has 1 aromatic carbocycles. The Kier molecular flexibility index (Phi) is 5.20. The number of para-hydroxylation sites is 1. The number of aliphatic hydroxyl groups is 1. The summed E-state index contributed by atoms with van der Waals surface area (Å²) in [6.07, 6.45) is 3.01. The molecule has 6 heteroatoms. The fourth-order valence-electron chi connectivity index (χ4n) is 2.36. The first-order valence-corrected chi connectivity index (χ1v) is 7.25. The number of nitrogens with zero attached hydrogens (tertiary/aromatic N) is 1. The molecule has 2 rings (SSSR count). The lowest BCUT2D eigenvalue weighted by molar-refractivity contribution is 0.126. The third-order valence-electron chi connectivity index (χ3n) is 3.44. The van der Waals surface area contributed by atoms with E-state index >= 15 is 0 Å². The van der Waals surface area contributed by atoms with Crippen molar-refractivity contribution in [2.75, 3.05) is 11.2 Å². The summed E-state index contributed by atoms with van der Waals surface area (Å²) in [5, 5.41) is 12.8. The van der Waals surface area contributed by atoms with E-state index in [0.717, 1.165) is 25.7 Å². The SMILES string of the molecule is NC(CCl)=Nc1c(F)cccc1NC1CCC(O)CC1. The number of nitrogens with two attached hydrogens (primary N) is 1. The third kappa shape index (κ3) is 3.84. The van der Waals surface area contributed by atoms with E-state index in [1.165, 1.54) is 6.07 Å². The van der Waals surface area contributed by atoms with Crippen molar-refractivity contribution in [2.24, 2.45) is 10.7 Å². The van der Waals surface area contributed by atoms with Crippen molar-refractivity contribution in [2.45, 2.75) is 37.8 Å². The molecular weight excluding hydrogens is 281 g/mol. The minimum atomic E-state index is -0.432. The number of amidine groups is 1. The van der Waals surface area contributed by atoms with Crippen molar-refractivity contribution in [3.63, 3.8) is 0 Å². The number of benzene rings is 1. The Balaban J connectivity index is 2.17. The van der Waals surface area contributed by atoms with Gasteiger partial charge in [-0.2, -0.15) is 0 Å². The molecule has 0 radical (unpaired) electrons. The fraction of sp³-hybridized carbons (Fsp3) is 0.500. The lowest BCUT2D eigenvalue weighted by atomic mass is 9.93. The summed E-state index contributed by atoms with van der Waals surface area (Å²) in [5.41, 5.74) is 6.39. The maximum absolute atomic E-state index is 13.9. The number of hydrogen-bond donors (Lipinski definition) is 3. The summed E-state index contributed by atoms with van der Waals surface area (Å²) in [4.78, 5) is 4.03. The highest BCUT2D eigenvalue weighted by atomic mass is 35.5. The molecule has 0 aliphatic heterocycles. The van der Waals surface area contributed by atoms with Gasteiger partial charge in [0.25, 0.3) is 0 Å². The molecular formula is C14H19ClFN3O. The molecule has 0 unspecified atom stereocenters. The molecule has 1 aliphatic rings. The molecule has 4 nitrogen and oxygen atoms in total. The van der Waals surface area contributed by atoms with Gasteiger partial charge in [-0.15, -0.1) is 11.6 Å². The van der Waals surface area contributed by atoms with Crippen LogP contribution in [0.5, 0.6) is 0 Å². The van der Waals surface area contributed by atoms with Crippen LogP contribution < -0.4 is 11.1 Å². The van der Waals surface area contributed by atoms with Gasteiger partial charge in [-0.3, -0.25) is 0 Å². The van der Waals surface area contributed by atoms with Gasteiger partial charge < -0.3 is 16.2 Å². The Bertz CT molecular complexity index is 487. The average Bonchev–Trinajstić information content (AvgIpc) is 2.45. The highest BCUT2D eigenvalue weighted by molar-refractivity contribution is 6.28. The highest BCUT2D eigenvalue weighted by Crippen LogP contribution is 2.31. The van der Waals surface area contributed by atoms with Gasteiger partial charge in [0.05, 0.1) is 17.7 Å². The molecule has 4 N–H and O–H groups in total. The van der Waals surface area contributed by atoms with Gasteiger partial charge in [-0.25, -0.2) is 9.38 Å². The predicted octanol–water partition coefficient (Wildman–Crippen LogP) is 2.77. The van der Waals surface area contributed by atoms with E-state index in [-0.39, 0.29) is 29.5 Å². The smallest absolute Gasteiger partial charge is 0.151 e. The van der Waals surface area contributed by atoms with Crippen LogP contribution in [0, 0.1) is 5.82 Å². The monoisotopic (exact) mass is 299 g/mol. The second-order valence-electron chi connectivity index (χ2n) is 5.02. The van der Waals surface area contributed by atoms with Gasteiger partial charge in [0.2, 0.25) is 0 Å². The minimum absolute atomic E-state index is 0.0589. The first-order valence-electron chi connectivity index (χ1n) is 6.72. The minimum Gasteiger partial charge on any atom is -0.393 e.